The Morgan fingerprint density at radius 3 is 2.89 bits per heavy atom. The molecule has 6 nitrogen and oxygen atoms in total. The van der Waals surface area contributed by atoms with Gasteiger partial charge in [0.2, 0.25) is 5.78 Å². The van der Waals surface area contributed by atoms with E-state index in [2.05, 4.69) is 29.0 Å². The van der Waals surface area contributed by atoms with Crippen molar-refractivity contribution in [3.63, 3.8) is 0 Å². The van der Waals surface area contributed by atoms with Gasteiger partial charge in [-0.3, -0.25) is 4.79 Å². The second-order valence-electron chi connectivity index (χ2n) is 7.52. The van der Waals surface area contributed by atoms with Crippen molar-refractivity contribution >= 4 is 17.4 Å². The lowest BCUT2D eigenvalue weighted by molar-refractivity contribution is 0.103. The van der Waals surface area contributed by atoms with Crippen LogP contribution in [0.2, 0.25) is 0 Å². The minimum absolute atomic E-state index is 0.159. The number of nitrogens with one attached hydrogen (secondary N) is 1. The number of nitrogens with two attached hydrogens (primary N) is 1. The van der Waals surface area contributed by atoms with Gasteiger partial charge in [-0.25, -0.2) is 9.97 Å². The van der Waals surface area contributed by atoms with Crippen LogP contribution in [0.5, 0.6) is 0 Å². The first kappa shape index (κ1) is 19.3. The topological polar surface area (TPSA) is 84.1 Å². The van der Waals surface area contributed by atoms with Crippen LogP contribution in [-0.2, 0) is 6.42 Å². The summed E-state index contributed by atoms with van der Waals surface area (Å²) in [5.74, 6) is 1.58. The Morgan fingerprint density at radius 2 is 2.19 bits per heavy atom. The van der Waals surface area contributed by atoms with Gasteiger partial charge in [-0.05, 0) is 42.5 Å². The van der Waals surface area contributed by atoms with E-state index in [0.717, 1.165) is 43.9 Å². The fourth-order valence-electron chi connectivity index (χ4n) is 3.63. The van der Waals surface area contributed by atoms with Gasteiger partial charge in [-0.2, -0.15) is 0 Å². The van der Waals surface area contributed by atoms with Gasteiger partial charge in [-0.1, -0.05) is 26.8 Å². The summed E-state index contributed by atoms with van der Waals surface area (Å²) in [4.78, 5) is 24.2. The van der Waals surface area contributed by atoms with Crippen LogP contribution in [0.25, 0.3) is 0 Å². The van der Waals surface area contributed by atoms with Crippen LogP contribution < -0.4 is 16.0 Å². The first-order valence-electron chi connectivity index (χ1n) is 9.73. The minimum Gasteiger partial charge on any atom is -0.383 e. The van der Waals surface area contributed by atoms with Crippen molar-refractivity contribution in [2.45, 2.75) is 39.7 Å². The molecule has 3 rings (SSSR count). The molecule has 0 bridgehead atoms. The molecule has 1 fully saturated rings. The molecule has 2 aromatic heterocycles. The number of nitrogen functional groups attached to an aromatic ring is 1. The first-order chi connectivity index (χ1) is 13.0. The van der Waals surface area contributed by atoms with Crippen LogP contribution in [0, 0.1) is 5.92 Å². The highest BCUT2D eigenvalue weighted by Gasteiger charge is 2.24. The summed E-state index contributed by atoms with van der Waals surface area (Å²) < 4.78 is 0. The van der Waals surface area contributed by atoms with Crippen molar-refractivity contribution in [2.24, 2.45) is 5.92 Å². The molecule has 0 amide bonds. The average molecular weight is 367 g/mol. The fraction of sp³-hybridized carbons (Fsp3) is 0.476. The SMILES string of the molecule is CCc1ccc(N2CCN[C@@H](CC(C)C)C2)nc1C(=O)c1cccnc1N. The van der Waals surface area contributed by atoms with Crippen LogP contribution in [0.1, 0.15) is 48.8 Å². The zero-order valence-corrected chi connectivity index (χ0v) is 16.4. The summed E-state index contributed by atoms with van der Waals surface area (Å²) in [5, 5.41) is 3.58. The molecule has 1 aliphatic heterocycles. The van der Waals surface area contributed by atoms with E-state index in [9.17, 15) is 4.79 Å². The number of pyridine rings is 2. The maximum Gasteiger partial charge on any atom is 0.215 e. The molecule has 3 N–H and O–H groups in total. The van der Waals surface area contributed by atoms with Gasteiger partial charge in [0.25, 0.3) is 0 Å². The van der Waals surface area contributed by atoms with Crippen molar-refractivity contribution in [3.8, 4) is 0 Å². The van der Waals surface area contributed by atoms with Gasteiger partial charge < -0.3 is 16.0 Å². The number of hydrogen-bond acceptors (Lipinski definition) is 6. The smallest absolute Gasteiger partial charge is 0.215 e. The van der Waals surface area contributed by atoms with Crippen molar-refractivity contribution in [2.75, 3.05) is 30.3 Å². The van der Waals surface area contributed by atoms with E-state index in [4.69, 9.17) is 10.7 Å². The van der Waals surface area contributed by atoms with E-state index in [1.807, 2.05) is 19.1 Å². The Kier molecular flexibility index (Phi) is 6.06. The van der Waals surface area contributed by atoms with Crippen LogP contribution in [0.4, 0.5) is 11.6 Å². The average Bonchev–Trinajstić information content (AvgIpc) is 2.67. The van der Waals surface area contributed by atoms with Crippen molar-refractivity contribution < 1.29 is 4.79 Å². The number of aryl methyl sites for hydroxylation is 1. The molecule has 0 aliphatic carbocycles. The Hall–Kier alpha value is -2.47. The highest BCUT2D eigenvalue weighted by molar-refractivity contribution is 6.11. The second-order valence-corrected chi connectivity index (χ2v) is 7.52. The van der Waals surface area contributed by atoms with Crippen LogP contribution in [-0.4, -0.2) is 41.4 Å². The largest absolute Gasteiger partial charge is 0.383 e. The molecule has 0 unspecified atom stereocenters. The molecule has 6 heteroatoms. The standard InChI is InChI=1S/C21H29N5O/c1-4-15-7-8-18(26-11-10-23-16(13-26)12-14(2)3)25-19(15)20(27)17-6-5-9-24-21(17)22/h5-9,14,16,23H,4,10-13H2,1-3H3,(H2,22,24)/t16-/m0/s1. The Labute approximate surface area is 161 Å². The number of carbonyl (C=O) groups excluding carboxylic acids is 1. The van der Waals surface area contributed by atoms with E-state index in [-0.39, 0.29) is 11.6 Å². The van der Waals surface area contributed by atoms with Crippen LogP contribution >= 0.6 is 0 Å². The molecule has 0 saturated carbocycles. The number of carbonyl (C=O) groups is 1. The molecule has 1 saturated heterocycles. The van der Waals surface area contributed by atoms with Crippen molar-refractivity contribution in [1.29, 1.82) is 0 Å². The third kappa shape index (κ3) is 4.45. The number of aromatic nitrogens is 2. The molecule has 0 aromatic carbocycles. The predicted molar refractivity (Wildman–Crippen MR) is 109 cm³/mol. The fourth-order valence-corrected chi connectivity index (χ4v) is 3.63. The summed E-state index contributed by atoms with van der Waals surface area (Å²) in [6.07, 6.45) is 3.46. The third-order valence-corrected chi connectivity index (χ3v) is 4.98. The molecule has 1 atom stereocenters. The van der Waals surface area contributed by atoms with E-state index in [1.165, 1.54) is 0 Å². The maximum absolute atomic E-state index is 13.1. The monoisotopic (exact) mass is 367 g/mol. The third-order valence-electron chi connectivity index (χ3n) is 4.98. The Balaban J connectivity index is 1.90. The van der Waals surface area contributed by atoms with Gasteiger partial charge in [0.05, 0.1) is 5.56 Å². The quantitative estimate of drug-likeness (QED) is 0.764. The minimum atomic E-state index is -0.159. The molecule has 3 heterocycles. The van der Waals surface area contributed by atoms with Gasteiger partial charge in [0, 0.05) is 31.9 Å². The van der Waals surface area contributed by atoms with E-state index in [0.29, 0.717) is 23.2 Å². The Morgan fingerprint density at radius 1 is 1.37 bits per heavy atom. The number of rotatable bonds is 6. The summed E-state index contributed by atoms with van der Waals surface area (Å²) in [7, 11) is 0. The van der Waals surface area contributed by atoms with Gasteiger partial charge >= 0.3 is 0 Å². The molecule has 27 heavy (non-hydrogen) atoms. The van der Waals surface area contributed by atoms with E-state index in [1.54, 1.807) is 18.3 Å². The lowest BCUT2D eigenvalue weighted by atomic mass is 10.0. The Bertz CT molecular complexity index is 805. The summed E-state index contributed by atoms with van der Waals surface area (Å²) in [6, 6.07) is 7.93. The molecule has 0 radical (unpaired) electrons. The molecule has 2 aromatic rings. The highest BCUT2D eigenvalue weighted by Crippen LogP contribution is 2.22. The number of ketones is 1. The lowest BCUT2D eigenvalue weighted by Gasteiger charge is -2.35. The second kappa shape index (κ2) is 8.48. The van der Waals surface area contributed by atoms with Crippen LogP contribution in [0.3, 0.4) is 0 Å². The predicted octanol–water partition coefficient (Wildman–Crippen LogP) is 2.68. The zero-order valence-electron chi connectivity index (χ0n) is 16.4. The molecule has 0 spiro atoms. The molecule has 1 aliphatic rings. The van der Waals surface area contributed by atoms with E-state index >= 15 is 0 Å². The molecular weight excluding hydrogens is 338 g/mol. The number of nitrogens with zero attached hydrogens (tertiary/aromatic N) is 3. The number of anilines is 2. The van der Waals surface area contributed by atoms with Crippen LogP contribution in [0.15, 0.2) is 30.5 Å². The van der Waals surface area contributed by atoms with Gasteiger partial charge in [-0.15, -0.1) is 0 Å². The van der Waals surface area contributed by atoms with Gasteiger partial charge in [0.15, 0.2) is 0 Å². The van der Waals surface area contributed by atoms with Gasteiger partial charge in [0.1, 0.15) is 17.3 Å². The lowest BCUT2D eigenvalue weighted by Crippen LogP contribution is -2.51. The van der Waals surface area contributed by atoms with E-state index < -0.39 is 0 Å². The summed E-state index contributed by atoms with van der Waals surface area (Å²) in [6.45, 7) is 9.22. The summed E-state index contributed by atoms with van der Waals surface area (Å²) in [5.41, 5.74) is 7.74. The maximum atomic E-state index is 13.1. The molecular formula is C21H29N5O. The normalized spacial score (nSPS) is 17.3. The highest BCUT2D eigenvalue weighted by atomic mass is 16.1. The van der Waals surface area contributed by atoms with Crippen molar-refractivity contribution in [1.82, 2.24) is 15.3 Å². The number of hydrogen-bond donors (Lipinski definition) is 2. The first-order valence-corrected chi connectivity index (χ1v) is 9.73. The zero-order chi connectivity index (χ0) is 19.4. The number of piperazine rings is 1. The summed E-state index contributed by atoms with van der Waals surface area (Å²) >= 11 is 0. The molecule has 144 valence electrons. The van der Waals surface area contributed by atoms with Crippen molar-refractivity contribution in [3.05, 3.63) is 47.3 Å².